The molecule has 18 heavy (non-hydrogen) atoms. The molecule has 0 saturated carbocycles. The Kier molecular flexibility index (Phi) is 4.73. The summed E-state index contributed by atoms with van der Waals surface area (Å²) in [5, 5.41) is 5.20. The number of hydrogen-bond donors (Lipinski definition) is 1. The fourth-order valence-corrected chi connectivity index (χ4v) is 2.55. The van der Waals surface area contributed by atoms with E-state index in [-0.39, 0.29) is 0 Å². The van der Waals surface area contributed by atoms with Crippen molar-refractivity contribution in [2.45, 2.75) is 13.0 Å². The summed E-state index contributed by atoms with van der Waals surface area (Å²) in [5.74, 6) is 0.930. The predicted molar refractivity (Wildman–Crippen MR) is 78.1 cm³/mol. The van der Waals surface area contributed by atoms with Gasteiger partial charge in [-0.1, -0.05) is 6.07 Å². The lowest BCUT2D eigenvalue weighted by atomic mass is 10.2. The van der Waals surface area contributed by atoms with Crippen molar-refractivity contribution >= 4 is 17.2 Å². The van der Waals surface area contributed by atoms with E-state index >= 15 is 0 Å². The zero-order valence-corrected chi connectivity index (χ0v) is 11.7. The molecule has 0 aliphatic rings. The van der Waals surface area contributed by atoms with Gasteiger partial charge in [0.05, 0.1) is 0 Å². The topological polar surface area (TPSA) is 28.2 Å². The van der Waals surface area contributed by atoms with E-state index in [4.69, 9.17) is 0 Å². The highest BCUT2D eigenvalue weighted by Crippen LogP contribution is 2.11. The molecule has 0 amide bonds. The third-order valence-electron chi connectivity index (χ3n) is 2.85. The van der Waals surface area contributed by atoms with Gasteiger partial charge in [-0.3, -0.25) is 0 Å². The lowest BCUT2D eigenvalue weighted by Gasteiger charge is -2.16. The summed E-state index contributed by atoms with van der Waals surface area (Å²) in [7, 11) is 4.06. The largest absolute Gasteiger partial charge is 0.373 e. The van der Waals surface area contributed by atoms with Gasteiger partial charge in [0.2, 0.25) is 0 Å². The molecule has 2 aromatic heterocycles. The first kappa shape index (κ1) is 13.1. The second kappa shape index (κ2) is 6.52. The van der Waals surface area contributed by atoms with Gasteiger partial charge in [-0.05, 0) is 42.6 Å². The predicted octanol–water partition coefficient (Wildman–Crippen LogP) is 2.86. The Morgan fingerprint density at radius 3 is 3.00 bits per heavy atom. The van der Waals surface area contributed by atoms with Crippen molar-refractivity contribution in [2.24, 2.45) is 0 Å². The number of likely N-dealkylation sites (N-methyl/N-ethyl adjacent to an activating group) is 1. The zero-order chi connectivity index (χ0) is 12.8. The standard InChI is InChI=1S/C14H19N3S/c1-15-14-10-12(5-7-16-14)11-17(2)8-6-13-4-3-9-18-13/h3-5,7,9-10H,6,8,11H2,1-2H3,(H,15,16). The normalized spacial score (nSPS) is 10.8. The number of thiophene rings is 1. The van der Waals surface area contributed by atoms with Crippen LogP contribution in [0.2, 0.25) is 0 Å². The summed E-state index contributed by atoms with van der Waals surface area (Å²) in [4.78, 5) is 8.02. The molecule has 2 rings (SSSR count). The van der Waals surface area contributed by atoms with E-state index in [0.29, 0.717) is 0 Å². The van der Waals surface area contributed by atoms with Crippen molar-refractivity contribution in [3.63, 3.8) is 0 Å². The molecule has 96 valence electrons. The van der Waals surface area contributed by atoms with Gasteiger partial charge in [0.25, 0.3) is 0 Å². The van der Waals surface area contributed by atoms with Crippen LogP contribution in [0.1, 0.15) is 10.4 Å². The molecule has 2 heterocycles. The number of hydrogen-bond acceptors (Lipinski definition) is 4. The minimum atomic E-state index is 0.930. The highest BCUT2D eigenvalue weighted by atomic mass is 32.1. The molecule has 3 nitrogen and oxygen atoms in total. The molecule has 0 unspecified atom stereocenters. The average molecular weight is 261 g/mol. The molecule has 4 heteroatoms. The van der Waals surface area contributed by atoms with Crippen LogP contribution in [0.15, 0.2) is 35.8 Å². The summed E-state index contributed by atoms with van der Waals surface area (Å²) >= 11 is 1.83. The smallest absolute Gasteiger partial charge is 0.125 e. The van der Waals surface area contributed by atoms with Crippen LogP contribution in [0.25, 0.3) is 0 Å². The maximum absolute atomic E-state index is 4.22. The van der Waals surface area contributed by atoms with E-state index in [0.717, 1.165) is 25.3 Å². The first-order valence-electron chi connectivity index (χ1n) is 6.11. The molecule has 0 aromatic carbocycles. The van der Waals surface area contributed by atoms with Crippen LogP contribution >= 0.6 is 11.3 Å². The van der Waals surface area contributed by atoms with Crippen LogP contribution in [0.3, 0.4) is 0 Å². The Morgan fingerprint density at radius 1 is 1.39 bits per heavy atom. The van der Waals surface area contributed by atoms with Crippen molar-refractivity contribution in [3.05, 3.63) is 46.3 Å². The Hall–Kier alpha value is -1.39. The Labute approximate surface area is 112 Å². The van der Waals surface area contributed by atoms with E-state index < -0.39 is 0 Å². The number of rotatable bonds is 6. The van der Waals surface area contributed by atoms with Crippen molar-refractivity contribution in [1.82, 2.24) is 9.88 Å². The minimum absolute atomic E-state index is 0.930. The summed E-state index contributed by atoms with van der Waals surface area (Å²) in [5.41, 5.74) is 1.29. The zero-order valence-electron chi connectivity index (χ0n) is 10.9. The molecule has 0 bridgehead atoms. The van der Waals surface area contributed by atoms with E-state index in [1.807, 2.05) is 24.6 Å². The lowest BCUT2D eigenvalue weighted by Crippen LogP contribution is -2.20. The van der Waals surface area contributed by atoms with Crippen molar-refractivity contribution in [3.8, 4) is 0 Å². The molecular weight excluding hydrogens is 242 g/mol. The summed E-state index contributed by atoms with van der Waals surface area (Å²) in [6, 6.07) is 8.48. The summed E-state index contributed by atoms with van der Waals surface area (Å²) < 4.78 is 0. The first-order chi connectivity index (χ1) is 8.78. The van der Waals surface area contributed by atoms with Crippen molar-refractivity contribution < 1.29 is 0 Å². The highest BCUT2D eigenvalue weighted by Gasteiger charge is 2.02. The number of nitrogens with zero attached hydrogens (tertiary/aromatic N) is 2. The first-order valence-corrected chi connectivity index (χ1v) is 6.99. The van der Waals surface area contributed by atoms with Crippen molar-refractivity contribution in [2.75, 3.05) is 26.0 Å². The van der Waals surface area contributed by atoms with E-state index in [1.165, 1.54) is 10.4 Å². The SMILES string of the molecule is CNc1cc(CN(C)CCc2cccs2)ccn1. The van der Waals surface area contributed by atoms with Crippen LogP contribution in [0.4, 0.5) is 5.82 Å². The number of aromatic nitrogens is 1. The second-order valence-electron chi connectivity index (χ2n) is 4.37. The van der Waals surface area contributed by atoms with Gasteiger partial charge in [-0.25, -0.2) is 4.98 Å². The monoisotopic (exact) mass is 261 g/mol. The maximum Gasteiger partial charge on any atom is 0.125 e. The van der Waals surface area contributed by atoms with Gasteiger partial charge < -0.3 is 10.2 Å². The second-order valence-corrected chi connectivity index (χ2v) is 5.40. The number of pyridine rings is 1. The maximum atomic E-state index is 4.22. The Morgan fingerprint density at radius 2 is 2.28 bits per heavy atom. The van der Waals surface area contributed by atoms with Gasteiger partial charge in [-0.15, -0.1) is 11.3 Å². The molecule has 0 radical (unpaired) electrons. The van der Waals surface area contributed by atoms with E-state index in [2.05, 4.69) is 51.9 Å². The van der Waals surface area contributed by atoms with Crippen LogP contribution in [-0.4, -0.2) is 30.5 Å². The summed E-state index contributed by atoms with van der Waals surface area (Å²) in [6.45, 7) is 2.04. The van der Waals surface area contributed by atoms with Gasteiger partial charge in [0.1, 0.15) is 5.82 Å². The molecule has 0 spiro atoms. The lowest BCUT2D eigenvalue weighted by molar-refractivity contribution is 0.332. The Bertz CT molecular complexity index is 468. The molecule has 0 saturated heterocycles. The summed E-state index contributed by atoms with van der Waals surface area (Å²) in [6.07, 6.45) is 2.98. The van der Waals surface area contributed by atoms with Crippen molar-refractivity contribution in [1.29, 1.82) is 0 Å². The molecule has 1 N–H and O–H groups in total. The van der Waals surface area contributed by atoms with Gasteiger partial charge in [0.15, 0.2) is 0 Å². The quantitative estimate of drug-likeness (QED) is 0.866. The third-order valence-corrected chi connectivity index (χ3v) is 3.79. The fraction of sp³-hybridized carbons (Fsp3) is 0.357. The molecule has 0 aliphatic carbocycles. The minimum Gasteiger partial charge on any atom is -0.373 e. The Balaban J connectivity index is 1.84. The molecule has 2 aromatic rings. The third kappa shape index (κ3) is 3.82. The van der Waals surface area contributed by atoms with E-state index in [9.17, 15) is 0 Å². The molecule has 0 atom stereocenters. The van der Waals surface area contributed by atoms with Gasteiger partial charge >= 0.3 is 0 Å². The molecular formula is C14H19N3S. The number of anilines is 1. The highest BCUT2D eigenvalue weighted by molar-refractivity contribution is 7.09. The van der Waals surface area contributed by atoms with Crippen LogP contribution in [0.5, 0.6) is 0 Å². The fourth-order valence-electron chi connectivity index (χ4n) is 1.86. The molecule has 0 fully saturated rings. The number of nitrogens with one attached hydrogen (secondary N) is 1. The van der Waals surface area contributed by atoms with E-state index in [1.54, 1.807) is 0 Å². The van der Waals surface area contributed by atoms with Gasteiger partial charge in [0, 0.05) is 31.2 Å². The van der Waals surface area contributed by atoms with Gasteiger partial charge in [-0.2, -0.15) is 0 Å². The van der Waals surface area contributed by atoms with Crippen LogP contribution in [0, 0.1) is 0 Å². The van der Waals surface area contributed by atoms with Crippen LogP contribution in [-0.2, 0) is 13.0 Å². The molecule has 0 aliphatic heterocycles. The van der Waals surface area contributed by atoms with Crippen LogP contribution < -0.4 is 5.32 Å². The average Bonchev–Trinajstić information content (AvgIpc) is 2.90.